The average Bonchev–Trinajstić information content (AvgIpc) is 2.36. The molecule has 5 heteroatoms. The van der Waals surface area contributed by atoms with Crippen LogP contribution in [0, 0.1) is 5.92 Å². The van der Waals surface area contributed by atoms with Gasteiger partial charge in [0.1, 0.15) is 0 Å². The largest absolute Gasteiger partial charge is 0.478 e. The molecule has 1 rings (SSSR count). The molecule has 20 heavy (non-hydrogen) atoms. The number of rotatable bonds is 6. The lowest BCUT2D eigenvalue weighted by Gasteiger charge is -2.15. The van der Waals surface area contributed by atoms with Gasteiger partial charge in [-0.3, -0.25) is 0 Å². The van der Waals surface area contributed by atoms with Crippen LogP contribution in [-0.2, 0) is 0 Å². The number of amides is 2. The molecule has 0 radical (unpaired) electrons. The fraction of sp³-hybridized carbons (Fsp3) is 0.467. The van der Waals surface area contributed by atoms with Crippen LogP contribution >= 0.6 is 0 Å². The van der Waals surface area contributed by atoms with Crippen LogP contribution in [0.2, 0.25) is 0 Å². The number of benzene rings is 1. The summed E-state index contributed by atoms with van der Waals surface area (Å²) in [5.41, 5.74) is 0.768. The van der Waals surface area contributed by atoms with Gasteiger partial charge in [-0.2, -0.15) is 0 Å². The summed E-state index contributed by atoms with van der Waals surface area (Å²) < 4.78 is 0. The number of carbonyl (C=O) groups excluding carboxylic acids is 1. The van der Waals surface area contributed by atoms with E-state index in [1.54, 1.807) is 12.1 Å². The third-order valence-corrected chi connectivity index (χ3v) is 2.94. The quantitative estimate of drug-likeness (QED) is 0.746. The molecule has 1 unspecified atom stereocenters. The van der Waals surface area contributed by atoms with Crippen molar-refractivity contribution in [3.05, 3.63) is 29.8 Å². The van der Waals surface area contributed by atoms with Crippen molar-refractivity contribution >= 4 is 17.7 Å². The highest BCUT2D eigenvalue weighted by atomic mass is 16.4. The lowest BCUT2D eigenvalue weighted by molar-refractivity contribution is 0.0697. The van der Waals surface area contributed by atoms with E-state index in [1.807, 2.05) is 6.92 Å². The first-order valence-electron chi connectivity index (χ1n) is 6.79. The van der Waals surface area contributed by atoms with Gasteiger partial charge < -0.3 is 15.7 Å². The summed E-state index contributed by atoms with van der Waals surface area (Å²) in [4.78, 5) is 22.5. The van der Waals surface area contributed by atoms with Crippen LogP contribution < -0.4 is 10.6 Å². The van der Waals surface area contributed by atoms with E-state index in [0.29, 0.717) is 11.6 Å². The van der Waals surface area contributed by atoms with Gasteiger partial charge in [-0.05, 0) is 49.9 Å². The summed E-state index contributed by atoms with van der Waals surface area (Å²) >= 11 is 0. The predicted molar refractivity (Wildman–Crippen MR) is 79.1 cm³/mol. The van der Waals surface area contributed by atoms with Gasteiger partial charge in [-0.15, -0.1) is 0 Å². The van der Waals surface area contributed by atoms with Crippen LogP contribution in [0.25, 0.3) is 0 Å². The van der Waals surface area contributed by atoms with Crippen LogP contribution in [-0.4, -0.2) is 23.1 Å². The predicted octanol–water partition coefficient (Wildman–Crippen LogP) is 3.33. The van der Waals surface area contributed by atoms with Gasteiger partial charge in [0.25, 0.3) is 0 Å². The fourth-order valence-corrected chi connectivity index (χ4v) is 1.74. The normalized spacial score (nSPS) is 12.0. The Balaban J connectivity index is 2.43. The summed E-state index contributed by atoms with van der Waals surface area (Å²) in [6, 6.07) is 5.89. The van der Waals surface area contributed by atoms with E-state index in [0.717, 1.165) is 12.8 Å². The lowest BCUT2D eigenvalue weighted by Crippen LogP contribution is -2.36. The van der Waals surface area contributed by atoms with E-state index >= 15 is 0 Å². The Hall–Kier alpha value is -2.04. The Morgan fingerprint density at radius 1 is 1.10 bits per heavy atom. The standard InChI is InChI=1S/C15H22N2O3/c1-10(2)4-5-11(3)16-15(20)17-13-8-6-12(7-9-13)14(18)19/h6-11H,4-5H2,1-3H3,(H,18,19)(H2,16,17,20). The number of aromatic carboxylic acids is 1. The zero-order valence-corrected chi connectivity index (χ0v) is 12.1. The molecule has 1 atom stereocenters. The maximum Gasteiger partial charge on any atom is 0.335 e. The van der Waals surface area contributed by atoms with E-state index in [4.69, 9.17) is 5.11 Å². The van der Waals surface area contributed by atoms with E-state index in [2.05, 4.69) is 24.5 Å². The molecule has 110 valence electrons. The van der Waals surface area contributed by atoms with E-state index in [1.165, 1.54) is 12.1 Å². The molecule has 0 saturated carbocycles. The Bertz CT molecular complexity index is 455. The highest BCUT2D eigenvalue weighted by Gasteiger charge is 2.08. The molecule has 0 aliphatic carbocycles. The molecule has 0 aromatic heterocycles. The zero-order valence-electron chi connectivity index (χ0n) is 12.1. The molecule has 1 aromatic carbocycles. The van der Waals surface area contributed by atoms with E-state index < -0.39 is 5.97 Å². The monoisotopic (exact) mass is 278 g/mol. The minimum Gasteiger partial charge on any atom is -0.478 e. The van der Waals surface area contributed by atoms with Crippen LogP contribution in [0.4, 0.5) is 10.5 Å². The minimum absolute atomic E-state index is 0.107. The first-order chi connectivity index (χ1) is 9.38. The van der Waals surface area contributed by atoms with E-state index in [-0.39, 0.29) is 17.6 Å². The van der Waals surface area contributed by atoms with Gasteiger partial charge in [0.2, 0.25) is 0 Å². The van der Waals surface area contributed by atoms with Crippen molar-refractivity contribution in [2.24, 2.45) is 5.92 Å². The molecule has 0 heterocycles. The molecule has 0 saturated heterocycles. The summed E-state index contributed by atoms with van der Waals surface area (Å²) in [6.45, 7) is 6.27. The van der Waals surface area contributed by atoms with Gasteiger partial charge >= 0.3 is 12.0 Å². The number of carboxylic acid groups (broad SMARTS) is 1. The number of carboxylic acids is 1. The summed E-state index contributed by atoms with van der Waals surface area (Å²) in [5, 5.41) is 14.3. The second-order valence-corrected chi connectivity index (χ2v) is 5.35. The van der Waals surface area contributed by atoms with Crippen LogP contribution in [0.15, 0.2) is 24.3 Å². The number of carbonyl (C=O) groups is 2. The first kappa shape index (κ1) is 16.0. The molecule has 0 bridgehead atoms. The summed E-state index contributed by atoms with van der Waals surface area (Å²) in [7, 11) is 0. The molecule has 0 spiro atoms. The van der Waals surface area contributed by atoms with Gasteiger partial charge in [-0.25, -0.2) is 9.59 Å². The molecule has 1 aromatic rings. The second kappa shape index (κ2) is 7.53. The number of urea groups is 1. The number of anilines is 1. The van der Waals surface area contributed by atoms with Crippen molar-refractivity contribution in [1.82, 2.24) is 5.32 Å². The topological polar surface area (TPSA) is 78.4 Å². The van der Waals surface area contributed by atoms with Gasteiger partial charge in [0.05, 0.1) is 5.56 Å². The van der Waals surface area contributed by atoms with Crippen molar-refractivity contribution in [3.8, 4) is 0 Å². The van der Waals surface area contributed by atoms with Gasteiger partial charge in [-0.1, -0.05) is 13.8 Å². The van der Waals surface area contributed by atoms with Crippen molar-refractivity contribution < 1.29 is 14.7 Å². The smallest absolute Gasteiger partial charge is 0.335 e. The Morgan fingerprint density at radius 2 is 1.70 bits per heavy atom. The molecule has 3 N–H and O–H groups in total. The number of hydrogen-bond donors (Lipinski definition) is 3. The van der Waals surface area contributed by atoms with Crippen LogP contribution in [0.3, 0.4) is 0 Å². The highest BCUT2D eigenvalue weighted by molar-refractivity contribution is 5.91. The van der Waals surface area contributed by atoms with E-state index in [9.17, 15) is 9.59 Å². The molecule has 0 aliphatic rings. The van der Waals surface area contributed by atoms with Crippen molar-refractivity contribution in [2.45, 2.75) is 39.7 Å². The fourth-order valence-electron chi connectivity index (χ4n) is 1.74. The third kappa shape index (κ3) is 5.73. The summed E-state index contributed by atoms with van der Waals surface area (Å²) in [5.74, 6) is -0.366. The lowest BCUT2D eigenvalue weighted by atomic mass is 10.0. The SMILES string of the molecule is CC(C)CCC(C)NC(=O)Nc1ccc(C(=O)O)cc1. The Kier molecular flexibility index (Phi) is 6.03. The van der Waals surface area contributed by atoms with Gasteiger partial charge in [0.15, 0.2) is 0 Å². The van der Waals surface area contributed by atoms with Gasteiger partial charge in [0, 0.05) is 11.7 Å². The number of nitrogens with one attached hydrogen (secondary N) is 2. The van der Waals surface area contributed by atoms with Crippen molar-refractivity contribution in [2.75, 3.05) is 5.32 Å². The third-order valence-electron chi connectivity index (χ3n) is 2.94. The summed E-state index contributed by atoms with van der Waals surface area (Å²) in [6.07, 6.45) is 2.00. The van der Waals surface area contributed by atoms with Crippen LogP contribution in [0.5, 0.6) is 0 Å². The van der Waals surface area contributed by atoms with Crippen molar-refractivity contribution in [1.29, 1.82) is 0 Å². The maximum atomic E-state index is 11.7. The maximum absolute atomic E-state index is 11.7. The second-order valence-electron chi connectivity index (χ2n) is 5.35. The molecule has 0 aliphatic heterocycles. The number of hydrogen-bond acceptors (Lipinski definition) is 2. The van der Waals surface area contributed by atoms with Crippen LogP contribution in [0.1, 0.15) is 44.0 Å². The Morgan fingerprint density at radius 3 is 2.20 bits per heavy atom. The first-order valence-corrected chi connectivity index (χ1v) is 6.79. The molecule has 2 amide bonds. The molecule has 5 nitrogen and oxygen atoms in total. The minimum atomic E-state index is -0.983. The highest BCUT2D eigenvalue weighted by Crippen LogP contribution is 2.10. The Labute approximate surface area is 119 Å². The molecular formula is C15H22N2O3. The van der Waals surface area contributed by atoms with Crippen molar-refractivity contribution in [3.63, 3.8) is 0 Å². The molecule has 0 fully saturated rings. The zero-order chi connectivity index (χ0) is 15.1. The molecular weight excluding hydrogens is 256 g/mol. The average molecular weight is 278 g/mol.